The van der Waals surface area contributed by atoms with Gasteiger partial charge in [-0.25, -0.2) is 9.78 Å². The van der Waals surface area contributed by atoms with Crippen LogP contribution in [0.15, 0.2) is 18.7 Å². The van der Waals surface area contributed by atoms with Crippen LogP contribution in [0, 0.1) is 0 Å². The number of carbonyl (C=O) groups is 1. The number of carbonyl (C=O) groups excluding carboxylic acids is 1. The van der Waals surface area contributed by atoms with Crippen molar-refractivity contribution < 1.29 is 14.3 Å². The highest BCUT2D eigenvalue weighted by atomic mass is 16.6. The molecule has 0 aliphatic carbocycles. The molecule has 82 valence electrons. The molecule has 5 nitrogen and oxygen atoms in total. The van der Waals surface area contributed by atoms with Gasteiger partial charge < -0.3 is 14.0 Å². The number of hydrogen-bond acceptors (Lipinski definition) is 4. The Labute approximate surface area is 88.0 Å². The van der Waals surface area contributed by atoms with Crippen LogP contribution >= 0.6 is 0 Å². The van der Waals surface area contributed by atoms with Crippen molar-refractivity contribution in [3.05, 3.63) is 18.7 Å². The van der Waals surface area contributed by atoms with E-state index in [1.165, 1.54) is 0 Å². The molecule has 0 N–H and O–H groups in total. The molecule has 1 aliphatic heterocycles. The van der Waals surface area contributed by atoms with Gasteiger partial charge in [-0.2, -0.15) is 0 Å². The molecule has 2 heterocycles. The minimum Gasteiger partial charge on any atom is -0.462 e. The topological polar surface area (TPSA) is 53.4 Å². The van der Waals surface area contributed by atoms with Crippen LogP contribution < -0.4 is 0 Å². The van der Waals surface area contributed by atoms with Crippen molar-refractivity contribution in [3.63, 3.8) is 0 Å². The lowest BCUT2D eigenvalue weighted by Crippen LogP contribution is -2.23. The summed E-state index contributed by atoms with van der Waals surface area (Å²) in [6.45, 7) is 1.68. The first-order valence-electron chi connectivity index (χ1n) is 5.10. The zero-order valence-corrected chi connectivity index (χ0v) is 8.46. The summed E-state index contributed by atoms with van der Waals surface area (Å²) >= 11 is 0. The van der Waals surface area contributed by atoms with Crippen molar-refractivity contribution in [3.8, 4) is 0 Å². The van der Waals surface area contributed by atoms with Gasteiger partial charge in [0.15, 0.2) is 6.10 Å². The Bertz CT molecular complexity index is 304. The van der Waals surface area contributed by atoms with Crippen LogP contribution in [0.25, 0.3) is 0 Å². The first kappa shape index (κ1) is 10.2. The summed E-state index contributed by atoms with van der Waals surface area (Å²) in [6, 6.07) is 0. The van der Waals surface area contributed by atoms with Gasteiger partial charge in [-0.1, -0.05) is 0 Å². The number of nitrogens with zero attached hydrogens (tertiary/aromatic N) is 2. The zero-order valence-electron chi connectivity index (χ0n) is 8.46. The van der Waals surface area contributed by atoms with Crippen LogP contribution in [0.5, 0.6) is 0 Å². The highest BCUT2D eigenvalue weighted by Crippen LogP contribution is 2.13. The van der Waals surface area contributed by atoms with Gasteiger partial charge in [0.25, 0.3) is 0 Å². The second kappa shape index (κ2) is 4.93. The maximum atomic E-state index is 11.4. The number of hydrogen-bond donors (Lipinski definition) is 0. The fraction of sp³-hybridized carbons (Fsp3) is 0.600. The number of imidazole rings is 1. The summed E-state index contributed by atoms with van der Waals surface area (Å²) < 4.78 is 12.2. The number of esters is 1. The van der Waals surface area contributed by atoms with E-state index < -0.39 is 0 Å². The third kappa shape index (κ3) is 2.79. The van der Waals surface area contributed by atoms with Crippen LogP contribution in [0.4, 0.5) is 0 Å². The molecule has 1 aromatic heterocycles. The Balaban J connectivity index is 1.67. The molecule has 0 aromatic carbocycles. The molecule has 1 fully saturated rings. The van der Waals surface area contributed by atoms with E-state index in [0.717, 1.165) is 12.8 Å². The van der Waals surface area contributed by atoms with Gasteiger partial charge in [-0.15, -0.1) is 0 Å². The van der Waals surface area contributed by atoms with Crippen LogP contribution in [0.3, 0.4) is 0 Å². The molecular formula is C10H14N2O3. The van der Waals surface area contributed by atoms with E-state index in [1.807, 2.05) is 10.8 Å². The Kier molecular flexibility index (Phi) is 3.34. The highest BCUT2D eigenvalue weighted by molar-refractivity contribution is 5.74. The fourth-order valence-electron chi connectivity index (χ4n) is 1.53. The van der Waals surface area contributed by atoms with Gasteiger partial charge in [0.05, 0.1) is 12.9 Å². The van der Waals surface area contributed by atoms with E-state index in [4.69, 9.17) is 9.47 Å². The minimum atomic E-state index is -0.340. The Hall–Kier alpha value is -1.36. The maximum Gasteiger partial charge on any atom is 0.335 e. The zero-order chi connectivity index (χ0) is 10.5. The largest absolute Gasteiger partial charge is 0.462 e. The van der Waals surface area contributed by atoms with Crippen molar-refractivity contribution in [2.24, 2.45) is 0 Å². The highest BCUT2D eigenvalue weighted by Gasteiger charge is 2.24. The molecule has 1 saturated heterocycles. The lowest BCUT2D eigenvalue weighted by atomic mass is 10.2. The summed E-state index contributed by atoms with van der Waals surface area (Å²) in [5.41, 5.74) is 0. The van der Waals surface area contributed by atoms with Crippen molar-refractivity contribution in [1.29, 1.82) is 0 Å². The molecule has 1 aromatic rings. The van der Waals surface area contributed by atoms with E-state index in [-0.39, 0.29) is 12.1 Å². The molecule has 1 aliphatic rings. The van der Waals surface area contributed by atoms with Gasteiger partial charge in [0, 0.05) is 19.0 Å². The summed E-state index contributed by atoms with van der Waals surface area (Å²) in [5, 5.41) is 0. The Morgan fingerprint density at radius 1 is 1.67 bits per heavy atom. The van der Waals surface area contributed by atoms with Crippen LogP contribution in [0.1, 0.15) is 12.8 Å². The first-order chi connectivity index (χ1) is 7.36. The second-order valence-electron chi connectivity index (χ2n) is 3.47. The van der Waals surface area contributed by atoms with Crippen LogP contribution in [0.2, 0.25) is 0 Å². The molecule has 0 radical (unpaired) electrons. The van der Waals surface area contributed by atoms with E-state index >= 15 is 0 Å². The number of rotatable bonds is 4. The average Bonchev–Trinajstić information content (AvgIpc) is 2.90. The SMILES string of the molecule is O=C(OCCn1ccnc1)C1CCCO1. The lowest BCUT2D eigenvalue weighted by molar-refractivity contribution is -0.154. The summed E-state index contributed by atoms with van der Waals surface area (Å²) in [5.74, 6) is -0.243. The number of ether oxygens (including phenoxy) is 2. The average molecular weight is 210 g/mol. The van der Waals surface area contributed by atoms with E-state index in [2.05, 4.69) is 4.98 Å². The normalized spacial score (nSPS) is 20.4. The van der Waals surface area contributed by atoms with Crippen molar-refractivity contribution in [1.82, 2.24) is 9.55 Å². The standard InChI is InChI=1S/C10H14N2O3/c13-10(9-2-1-6-14-9)15-7-5-12-4-3-11-8-12/h3-4,8-9H,1-2,5-7H2. The quantitative estimate of drug-likeness (QED) is 0.683. The van der Waals surface area contributed by atoms with Crippen molar-refractivity contribution in [2.45, 2.75) is 25.5 Å². The van der Waals surface area contributed by atoms with E-state index in [9.17, 15) is 4.79 Å². The monoisotopic (exact) mass is 210 g/mol. The molecule has 15 heavy (non-hydrogen) atoms. The molecular weight excluding hydrogens is 196 g/mol. The minimum absolute atomic E-state index is 0.243. The fourth-order valence-corrected chi connectivity index (χ4v) is 1.53. The van der Waals surface area contributed by atoms with Crippen molar-refractivity contribution in [2.75, 3.05) is 13.2 Å². The smallest absolute Gasteiger partial charge is 0.335 e. The Morgan fingerprint density at radius 3 is 3.27 bits per heavy atom. The molecule has 5 heteroatoms. The third-order valence-electron chi connectivity index (χ3n) is 2.35. The number of aromatic nitrogens is 2. The van der Waals surface area contributed by atoms with E-state index in [1.54, 1.807) is 12.5 Å². The second-order valence-corrected chi connectivity index (χ2v) is 3.47. The molecule has 0 amide bonds. The van der Waals surface area contributed by atoms with Gasteiger partial charge in [0.2, 0.25) is 0 Å². The molecule has 0 bridgehead atoms. The van der Waals surface area contributed by atoms with Crippen molar-refractivity contribution >= 4 is 5.97 Å². The molecule has 0 spiro atoms. The van der Waals surface area contributed by atoms with Gasteiger partial charge >= 0.3 is 5.97 Å². The van der Waals surface area contributed by atoms with Gasteiger partial charge in [-0.05, 0) is 12.8 Å². The molecule has 1 unspecified atom stereocenters. The summed E-state index contributed by atoms with van der Waals surface area (Å²) in [4.78, 5) is 15.3. The van der Waals surface area contributed by atoms with Gasteiger partial charge in [0.1, 0.15) is 6.61 Å². The van der Waals surface area contributed by atoms with Gasteiger partial charge in [-0.3, -0.25) is 0 Å². The van der Waals surface area contributed by atoms with E-state index in [0.29, 0.717) is 19.8 Å². The predicted molar refractivity (Wildman–Crippen MR) is 52.2 cm³/mol. The predicted octanol–water partition coefficient (Wildman–Crippen LogP) is 0.605. The maximum absolute atomic E-state index is 11.4. The van der Waals surface area contributed by atoms with Crippen LogP contribution in [-0.4, -0.2) is 34.8 Å². The summed E-state index contributed by atoms with van der Waals surface area (Å²) in [7, 11) is 0. The lowest BCUT2D eigenvalue weighted by Gasteiger charge is -2.09. The third-order valence-corrected chi connectivity index (χ3v) is 2.35. The van der Waals surface area contributed by atoms with Crippen LogP contribution in [-0.2, 0) is 20.8 Å². The molecule has 1 atom stereocenters. The molecule has 2 rings (SSSR count). The molecule has 0 saturated carbocycles. The summed E-state index contributed by atoms with van der Waals surface area (Å²) in [6.07, 6.45) is 6.61. The Morgan fingerprint density at radius 2 is 2.60 bits per heavy atom. The first-order valence-corrected chi connectivity index (χ1v) is 5.10.